The number of hydrogen-bond acceptors (Lipinski definition) is 2. The molecule has 18 heavy (non-hydrogen) atoms. The van der Waals surface area contributed by atoms with Crippen LogP contribution in [0, 0.1) is 0 Å². The first kappa shape index (κ1) is 13.1. The second-order valence-electron chi connectivity index (χ2n) is 4.56. The molecule has 0 bridgehead atoms. The summed E-state index contributed by atoms with van der Waals surface area (Å²) in [4.78, 5) is 13.0. The van der Waals surface area contributed by atoms with Crippen molar-refractivity contribution in [1.82, 2.24) is 0 Å². The normalized spacial score (nSPS) is 19.7. The molecule has 0 aliphatic carbocycles. The van der Waals surface area contributed by atoms with Crippen molar-refractivity contribution >= 4 is 33.7 Å². The number of benzene rings is 1. The predicted molar refractivity (Wildman–Crippen MR) is 76.9 cm³/mol. The van der Waals surface area contributed by atoms with Crippen molar-refractivity contribution in [3.05, 3.63) is 34.3 Å². The zero-order valence-corrected chi connectivity index (χ0v) is 11.9. The van der Waals surface area contributed by atoms with Crippen molar-refractivity contribution in [1.29, 1.82) is 0 Å². The van der Waals surface area contributed by atoms with Gasteiger partial charge in [0, 0.05) is 28.8 Å². The summed E-state index contributed by atoms with van der Waals surface area (Å²) >= 11 is 3.48. The zero-order valence-electron chi connectivity index (χ0n) is 10.3. The van der Waals surface area contributed by atoms with Gasteiger partial charge in [0.1, 0.15) is 0 Å². The lowest BCUT2D eigenvalue weighted by molar-refractivity contribution is -0.131. The third-order valence-corrected chi connectivity index (χ3v) is 3.75. The average molecular weight is 310 g/mol. The third-order valence-electron chi connectivity index (χ3n) is 3.26. The van der Waals surface area contributed by atoms with Gasteiger partial charge in [-0.15, -0.1) is 0 Å². The topological polar surface area (TPSA) is 40.5 Å². The van der Waals surface area contributed by atoms with Gasteiger partial charge in [-0.1, -0.05) is 22.0 Å². The summed E-state index contributed by atoms with van der Waals surface area (Å²) in [6.07, 6.45) is 5.23. The van der Waals surface area contributed by atoms with Crippen LogP contribution in [-0.4, -0.2) is 23.7 Å². The fraction of sp³-hybridized carbons (Fsp3) is 0.357. The minimum Gasteiger partial charge on any atom is -0.478 e. The Morgan fingerprint density at radius 3 is 2.94 bits per heavy atom. The Kier molecular flexibility index (Phi) is 4.07. The fourth-order valence-corrected chi connectivity index (χ4v) is 2.71. The van der Waals surface area contributed by atoms with E-state index in [4.69, 9.17) is 5.11 Å². The highest BCUT2D eigenvalue weighted by Crippen LogP contribution is 2.31. The standard InChI is InChI=1S/C14H16BrNO2/c1-10-3-2-8-16(10)13-9-12(15)6-4-11(13)5-7-14(17)18/h4-7,9-10H,2-3,8H2,1H3,(H,17,18)/b7-5+. The van der Waals surface area contributed by atoms with Gasteiger partial charge in [-0.25, -0.2) is 4.79 Å². The monoisotopic (exact) mass is 309 g/mol. The Balaban J connectivity index is 2.37. The molecule has 1 aliphatic heterocycles. The van der Waals surface area contributed by atoms with E-state index in [0.29, 0.717) is 6.04 Å². The number of anilines is 1. The lowest BCUT2D eigenvalue weighted by atomic mass is 10.1. The van der Waals surface area contributed by atoms with Gasteiger partial charge < -0.3 is 10.0 Å². The molecule has 1 N–H and O–H groups in total. The Morgan fingerprint density at radius 2 is 2.33 bits per heavy atom. The van der Waals surface area contributed by atoms with Gasteiger partial charge in [0.05, 0.1) is 0 Å². The molecule has 1 saturated heterocycles. The number of halogens is 1. The molecule has 96 valence electrons. The Morgan fingerprint density at radius 1 is 1.56 bits per heavy atom. The molecule has 3 nitrogen and oxygen atoms in total. The molecule has 0 radical (unpaired) electrons. The smallest absolute Gasteiger partial charge is 0.328 e. The van der Waals surface area contributed by atoms with Crippen LogP contribution in [0.4, 0.5) is 5.69 Å². The van der Waals surface area contributed by atoms with Crippen LogP contribution in [0.25, 0.3) is 6.08 Å². The van der Waals surface area contributed by atoms with E-state index in [-0.39, 0.29) is 0 Å². The summed E-state index contributed by atoms with van der Waals surface area (Å²) in [6, 6.07) is 6.45. The molecule has 2 rings (SSSR count). The maximum absolute atomic E-state index is 10.6. The molecule has 1 aromatic carbocycles. The average Bonchev–Trinajstić information content (AvgIpc) is 2.73. The highest BCUT2D eigenvalue weighted by molar-refractivity contribution is 9.10. The number of carbonyl (C=O) groups is 1. The quantitative estimate of drug-likeness (QED) is 0.868. The van der Waals surface area contributed by atoms with Gasteiger partial charge in [0.25, 0.3) is 0 Å². The highest BCUT2D eigenvalue weighted by atomic mass is 79.9. The van der Waals surface area contributed by atoms with Gasteiger partial charge in [-0.2, -0.15) is 0 Å². The van der Waals surface area contributed by atoms with Crippen LogP contribution < -0.4 is 4.90 Å². The highest BCUT2D eigenvalue weighted by Gasteiger charge is 2.22. The third kappa shape index (κ3) is 2.93. The molecule has 1 heterocycles. The minimum atomic E-state index is -0.918. The van der Waals surface area contributed by atoms with Crippen molar-refractivity contribution in [2.75, 3.05) is 11.4 Å². The van der Waals surface area contributed by atoms with Crippen LogP contribution in [0.5, 0.6) is 0 Å². The Labute approximate surface area is 115 Å². The second kappa shape index (κ2) is 5.57. The van der Waals surface area contributed by atoms with Crippen LogP contribution in [-0.2, 0) is 4.79 Å². The van der Waals surface area contributed by atoms with Crippen LogP contribution in [0.3, 0.4) is 0 Å². The van der Waals surface area contributed by atoms with Crippen molar-refractivity contribution in [2.24, 2.45) is 0 Å². The van der Waals surface area contributed by atoms with Gasteiger partial charge in [0.15, 0.2) is 0 Å². The Hall–Kier alpha value is -1.29. The second-order valence-corrected chi connectivity index (χ2v) is 5.48. The summed E-state index contributed by atoms with van der Waals surface area (Å²) in [5, 5.41) is 8.73. The van der Waals surface area contributed by atoms with Crippen molar-refractivity contribution in [3.8, 4) is 0 Å². The first-order chi connectivity index (χ1) is 8.58. The molecule has 1 unspecified atom stereocenters. The summed E-state index contributed by atoms with van der Waals surface area (Å²) in [7, 11) is 0. The maximum atomic E-state index is 10.6. The van der Waals surface area contributed by atoms with Gasteiger partial charge >= 0.3 is 5.97 Å². The van der Waals surface area contributed by atoms with Crippen molar-refractivity contribution < 1.29 is 9.90 Å². The molecule has 0 amide bonds. The molecule has 1 aromatic rings. The molecule has 1 atom stereocenters. The molecular formula is C14H16BrNO2. The van der Waals surface area contributed by atoms with E-state index >= 15 is 0 Å². The van der Waals surface area contributed by atoms with E-state index in [0.717, 1.165) is 22.3 Å². The minimum absolute atomic E-state index is 0.510. The van der Waals surface area contributed by atoms with E-state index < -0.39 is 5.97 Å². The zero-order chi connectivity index (χ0) is 13.1. The lowest BCUT2D eigenvalue weighted by Crippen LogP contribution is -2.26. The first-order valence-corrected chi connectivity index (χ1v) is 6.84. The maximum Gasteiger partial charge on any atom is 0.328 e. The van der Waals surface area contributed by atoms with E-state index in [1.54, 1.807) is 6.08 Å². The van der Waals surface area contributed by atoms with Gasteiger partial charge in [-0.05, 0) is 43.5 Å². The molecule has 1 aliphatic rings. The number of hydrogen-bond donors (Lipinski definition) is 1. The summed E-state index contributed by atoms with van der Waals surface area (Å²) in [5.74, 6) is -0.918. The number of carboxylic acid groups (broad SMARTS) is 1. The van der Waals surface area contributed by atoms with Crippen LogP contribution in [0.2, 0.25) is 0 Å². The van der Waals surface area contributed by atoms with E-state index in [1.807, 2.05) is 12.1 Å². The molecule has 0 saturated carbocycles. The van der Waals surface area contributed by atoms with Crippen LogP contribution in [0.15, 0.2) is 28.7 Å². The number of rotatable bonds is 3. The molecular weight excluding hydrogens is 294 g/mol. The summed E-state index contributed by atoms with van der Waals surface area (Å²) < 4.78 is 1.02. The first-order valence-electron chi connectivity index (χ1n) is 6.05. The largest absolute Gasteiger partial charge is 0.478 e. The summed E-state index contributed by atoms with van der Waals surface area (Å²) in [6.45, 7) is 3.24. The number of nitrogens with zero attached hydrogens (tertiary/aromatic N) is 1. The molecule has 0 spiro atoms. The van der Waals surface area contributed by atoms with E-state index in [9.17, 15) is 4.79 Å². The van der Waals surface area contributed by atoms with Crippen molar-refractivity contribution in [3.63, 3.8) is 0 Å². The molecule has 0 aromatic heterocycles. The molecule has 4 heteroatoms. The SMILES string of the molecule is CC1CCCN1c1cc(Br)ccc1/C=C/C(=O)O. The Bertz CT molecular complexity index is 485. The van der Waals surface area contributed by atoms with E-state index in [1.165, 1.54) is 18.9 Å². The van der Waals surface area contributed by atoms with Crippen LogP contribution >= 0.6 is 15.9 Å². The lowest BCUT2D eigenvalue weighted by Gasteiger charge is -2.26. The van der Waals surface area contributed by atoms with E-state index in [2.05, 4.69) is 33.8 Å². The predicted octanol–water partition coefficient (Wildman–Crippen LogP) is 3.54. The fourth-order valence-electron chi connectivity index (χ4n) is 2.36. The van der Waals surface area contributed by atoms with Crippen molar-refractivity contribution in [2.45, 2.75) is 25.8 Å². The number of carboxylic acids is 1. The van der Waals surface area contributed by atoms with Gasteiger partial charge in [0.2, 0.25) is 0 Å². The molecule has 1 fully saturated rings. The van der Waals surface area contributed by atoms with Gasteiger partial charge in [-0.3, -0.25) is 0 Å². The summed E-state index contributed by atoms with van der Waals surface area (Å²) in [5.41, 5.74) is 2.06. The van der Waals surface area contributed by atoms with Crippen LogP contribution in [0.1, 0.15) is 25.3 Å². The number of aliphatic carboxylic acids is 1.